The Kier molecular flexibility index (Phi) is 4.07. The van der Waals surface area contributed by atoms with Crippen molar-refractivity contribution in [3.63, 3.8) is 0 Å². The summed E-state index contributed by atoms with van der Waals surface area (Å²) in [7, 11) is 2.18. The van der Waals surface area contributed by atoms with Crippen molar-refractivity contribution < 1.29 is 0 Å². The van der Waals surface area contributed by atoms with E-state index in [0.717, 1.165) is 13.1 Å². The first kappa shape index (κ1) is 12.9. The van der Waals surface area contributed by atoms with E-state index in [1.54, 1.807) is 0 Å². The van der Waals surface area contributed by atoms with Crippen molar-refractivity contribution in [2.24, 2.45) is 5.73 Å². The molecule has 1 aliphatic rings. The number of likely N-dealkylation sites (N-methyl/N-ethyl adjacent to an activating group) is 1. The molecule has 2 rings (SSSR count). The molecule has 2 atom stereocenters. The molecule has 0 radical (unpaired) electrons. The maximum atomic E-state index is 6.04. The van der Waals surface area contributed by atoms with Crippen LogP contribution in [0.4, 0.5) is 0 Å². The van der Waals surface area contributed by atoms with Crippen LogP contribution in [-0.2, 0) is 6.54 Å². The second kappa shape index (κ2) is 5.38. The van der Waals surface area contributed by atoms with Crippen LogP contribution < -0.4 is 5.73 Å². The summed E-state index contributed by atoms with van der Waals surface area (Å²) in [4.78, 5) is 6.58. The van der Waals surface area contributed by atoms with Gasteiger partial charge in [0, 0.05) is 36.3 Å². The monoisotopic (exact) mass is 251 g/mol. The van der Waals surface area contributed by atoms with Gasteiger partial charge in [-0.15, -0.1) is 0 Å². The Labute approximate surface area is 108 Å². The van der Waals surface area contributed by atoms with Crippen LogP contribution in [0.1, 0.15) is 18.9 Å². The predicted octanol–water partition coefficient (Wildman–Crippen LogP) is 1.74. The maximum Gasteiger partial charge on any atom is 0.0455 e. The molecule has 0 bridgehead atoms. The molecule has 1 aromatic heterocycles. The highest BCUT2D eigenvalue weighted by Gasteiger charge is 2.42. The van der Waals surface area contributed by atoms with E-state index in [9.17, 15) is 0 Å². The Morgan fingerprint density at radius 1 is 1.65 bits per heavy atom. The van der Waals surface area contributed by atoms with E-state index >= 15 is 0 Å². The van der Waals surface area contributed by atoms with Crippen molar-refractivity contribution in [2.75, 3.05) is 19.3 Å². The lowest BCUT2D eigenvalue weighted by Crippen LogP contribution is -2.55. The number of pyridine rings is 1. The Morgan fingerprint density at radius 2 is 2.47 bits per heavy atom. The van der Waals surface area contributed by atoms with Gasteiger partial charge in [0.2, 0.25) is 0 Å². The standard InChI is InChI=1S/C13H21N3S/c1-11-13(10-14,5-7-17-11)16(2)9-12-4-3-6-15-8-12/h3-4,6,8,11H,5,7,9-10,14H2,1-2H3. The van der Waals surface area contributed by atoms with Crippen molar-refractivity contribution in [3.8, 4) is 0 Å². The van der Waals surface area contributed by atoms with E-state index in [1.807, 2.05) is 30.2 Å². The fourth-order valence-corrected chi connectivity index (χ4v) is 4.15. The SMILES string of the molecule is CC1SCCC1(CN)N(C)Cc1cccnc1. The third kappa shape index (κ3) is 2.49. The zero-order valence-electron chi connectivity index (χ0n) is 10.6. The van der Waals surface area contributed by atoms with Gasteiger partial charge in [-0.05, 0) is 30.9 Å². The zero-order valence-corrected chi connectivity index (χ0v) is 11.4. The van der Waals surface area contributed by atoms with Crippen molar-refractivity contribution in [2.45, 2.75) is 30.7 Å². The highest BCUT2D eigenvalue weighted by molar-refractivity contribution is 8.00. The minimum Gasteiger partial charge on any atom is -0.329 e. The van der Waals surface area contributed by atoms with Gasteiger partial charge in [0.05, 0.1) is 0 Å². The number of nitrogens with zero attached hydrogens (tertiary/aromatic N) is 2. The van der Waals surface area contributed by atoms with E-state index < -0.39 is 0 Å². The molecule has 2 N–H and O–H groups in total. The topological polar surface area (TPSA) is 42.1 Å². The lowest BCUT2D eigenvalue weighted by molar-refractivity contribution is 0.121. The van der Waals surface area contributed by atoms with Gasteiger partial charge in [0.25, 0.3) is 0 Å². The summed E-state index contributed by atoms with van der Waals surface area (Å²) in [5.74, 6) is 1.22. The minimum atomic E-state index is 0.153. The van der Waals surface area contributed by atoms with Crippen LogP contribution >= 0.6 is 11.8 Å². The third-order valence-electron chi connectivity index (χ3n) is 3.92. The summed E-state index contributed by atoms with van der Waals surface area (Å²) in [6.07, 6.45) is 4.94. The summed E-state index contributed by atoms with van der Waals surface area (Å²) in [5.41, 5.74) is 7.45. The number of aromatic nitrogens is 1. The summed E-state index contributed by atoms with van der Waals surface area (Å²) < 4.78 is 0. The average molecular weight is 251 g/mol. The molecule has 0 aromatic carbocycles. The van der Waals surface area contributed by atoms with Crippen molar-refractivity contribution in [3.05, 3.63) is 30.1 Å². The Balaban J connectivity index is 2.10. The highest BCUT2D eigenvalue weighted by Crippen LogP contribution is 2.39. The smallest absolute Gasteiger partial charge is 0.0455 e. The summed E-state index contributed by atoms with van der Waals surface area (Å²) in [6, 6.07) is 4.12. The molecule has 4 heteroatoms. The summed E-state index contributed by atoms with van der Waals surface area (Å²) >= 11 is 2.03. The molecule has 1 fully saturated rings. The number of hydrogen-bond donors (Lipinski definition) is 1. The molecule has 2 unspecified atom stereocenters. The second-order valence-corrected chi connectivity index (χ2v) is 6.24. The first-order chi connectivity index (χ1) is 8.19. The van der Waals surface area contributed by atoms with E-state index in [1.165, 1.54) is 17.7 Å². The van der Waals surface area contributed by atoms with Gasteiger partial charge in [0.1, 0.15) is 0 Å². The molecule has 17 heavy (non-hydrogen) atoms. The lowest BCUT2D eigenvalue weighted by Gasteiger charge is -2.41. The molecule has 94 valence electrons. The molecule has 0 aliphatic carbocycles. The maximum absolute atomic E-state index is 6.04. The second-order valence-electron chi connectivity index (χ2n) is 4.79. The first-order valence-corrected chi connectivity index (χ1v) is 7.16. The fourth-order valence-electron chi connectivity index (χ4n) is 2.62. The van der Waals surface area contributed by atoms with Gasteiger partial charge in [-0.2, -0.15) is 11.8 Å². The molecule has 0 saturated carbocycles. The molecule has 0 spiro atoms. The zero-order chi connectivity index (χ0) is 12.3. The van der Waals surface area contributed by atoms with Gasteiger partial charge in [0.15, 0.2) is 0 Å². The number of nitrogens with two attached hydrogens (primary N) is 1. The van der Waals surface area contributed by atoms with Gasteiger partial charge in [-0.1, -0.05) is 13.0 Å². The van der Waals surface area contributed by atoms with Gasteiger partial charge in [-0.25, -0.2) is 0 Å². The van der Waals surface area contributed by atoms with Crippen molar-refractivity contribution in [1.29, 1.82) is 0 Å². The Hall–Kier alpha value is -0.580. The number of hydrogen-bond acceptors (Lipinski definition) is 4. The van der Waals surface area contributed by atoms with Crippen LogP contribution in [0.3, 0.4) is 0 Å². The molecule has 1 aliphatic heterocycles. The van der Waals surface area contributed by atoms with E-state index in [2.05, 4.69) is 29.9 Å². The molecule has 2 heterocycles. The lowest BCUT2D eigenvalue weighted by atomic mass is 9.90. The predicted molar refractivity (Wildman–Crippen MR) is 74.0 cm³/mol. The molecule has 1 saturated heterocycles. The molecule has 1 aromatic rings. The van der Waals surface area contributed by atoms with Crippen LogP contribution in [0.2, 0.25) is 0 Å². The van der Waals surface area contributed by atoms with Crippen molar-refractivity contribution >= 4 is 11.8 Å². The van der Waals surface area contributed by atoms with E-state index in [4.69, 9.17) is 5.73 Å². The van der Waals surface area contributed by atoms with Gasteiger partial charge >= 0.3 is 0 Å². The van der Waals surface area contributed by atoms with E-state index in [-0.39, 0.29) is 5.54 Å². The first-order valence-electron chi connectivity index (χ1n) is 6.11. The number of thioether (sulfide) groups is 1. The molecular weight excluding hydrogens is 230 g/mol. The van der Waals surface area contributed by atoms with Crippen molar-refractivity contribution in [1.82, 2.24) is 9.88 Å². The fraction of sp³-hybridized carbons (Fsp3) is 0.615. The number of rotatable bonds is 4. The Bertz CT molecular complexity index is 357. The largest absolute Gasteiger partial charge is 0.329 e. The average Bonchev–Trinajstić information content (AvgIpc) is 2.73. The van der Waals surface area contributed by atoms with Gasteiger partial charge < -0.3 is 5.73 Å². The van der Waals surface area contributed by atoms with Crippen LogP contribution in [0.25, 0.3) is 0 Å². The highest BCUT2D eigenvalue weighted by atomic mass is 32.2. The summed E-state index contributed by atoms with van der Waals surface area (Å²) in [6.45, 7) is 3.96. The quantitative estimate of drug-likeness (QED) is 0.885. The molecule has 0 amide bonds. The van der Waals surface area contributed by atoms with Crippen LogP contribution in [0, 0.1) is 0 Å². The summed E-state index contributed by atoms with van der Waals surface area (Å²) in [5, 5.41) is 0.606. The van der Waals surface area contributed by atoms with Crippen LogP contribution in [0.5, 0.6) is 0 Å². The minimum absolute atomic E-state index is 0.153. The Morgan fingerprint density at radius 3 is 3.00 bits per heavy atom. The molecule has 3 nitrogen and oxygen atoms in total. The third-order valence-corrected chi connectivity index (χ3v) is 5.29. The van der Waals surface area contributed by atoms with Crippen LogP contribution in [-0.4, -0.2) is 40.0 Å². The van der Waals surface area contributed by atoms with E-state index in [0.29, 0.717) is 5.25 Å². The van der Waals surface area contributed by atoms with Gasteiger partial charge in [-0.3, -0.25) is 9.88 Å². The molecular formula is C13H21N3S. The normalized spacial score (nSPS) is 28.8. The van der Waals surface area contributed by atoms with Crippen LogP contribution in [0.15, 0.2) is 24.5 Å².